The zero-order valence-corrected chi connectivity index (χ0v) is 19.9. The number of nitrogens with one attached hydrogen (secondary N) is 1. The highest BCUT2D eigenvalue weighted by molar-refractivity contribution is 6.03. The van der Waals surface area contributed by atoms with Crippen LogP contribution < -0.4 is 11.1 Å². The third kappa shape index (κ3) is 4.34. The summed E-state index contributed by atoms with van der Waals surface area (Å²) >= 11 is 0. The Bertz CT molecular complexity index is 1150. The fourth-order valence-electron chi connectivity index (χ4n) is 5.83. The molecule has 4 atom stereocenters. The number of hydrogen-bond donors (Lipinski definition) is 3. The van der Waals surface area contributed by atoms with E-state index in [0.29, 0.717) is 29.1 Å². The molecule has 0 bridgehead atoms. The molecule has 0 spiro atoms. The first kappa shape index (κ1) is 24.9. The number of fused-ring (bicyclic) bond motifs is 1. The lowest BCUT2D eigenvalue weighted by atomic mass is 9.65. The number of imidazole rings is 1. The van der Waals surface area contributed by atoms with E-state index in [1.165, 1.54) is 43.4 Å². The number of piperidine rings is 1. The largest absolute Gasteiger partial charge is 0.480 e. The monoisotopic (exact) mass is 509 g/mol. The zero-order chi connectivity index (χ0) is 25.8. The maximum Gasteiger partial charge on any atom is 0.393 e. The third-order valence-electron chi connectivity index (χ3n) is 8.06. The number of nitrogens with zero attached hydrogens (tertiary/aromatic N) is 3. The summed E-state index contributed by atoms with van der Waals surface area (Å²) < 4.78 is 47.4. The fraction of sp³-hybridized carbons (Fsp3) is 0.667. The van der Waals surface area contributed by atoms with Crippen LogP contribution in [0.4, 0.5) is 13.2 Å². The van der Waals surface area contributed by atoms with E-state index in [1.54, 1.807) is 12.3 Å². The number of aromatic nitrogens is 3. The van der Waals surface area contributed by atoms with Crippen LogP contribution in [0.2, 0.25) is 0 Å². The Labute approximate surface area is 205 Å². The molecule has 2 aromatic heterocycles. The van der Waals surface area contributed by atoms with E-state index in [4.69, 9.17) is 10.5 Å². The van der Waals surface area contributed by atoms with Gasteiger partial charge in [-0.2, -0.15) is 18.3 Å². The Morgan fingerprint density at radius 2 is 1.94 bits per heavy atom. The van der Waals surface area contributed by atoms with E-state index in [1.807, 2.05) is 0 Å². The van der Waals surface area contributed by atoms with Crippen molar-refractivity contribution in [3.8, 4) is 0 Å². The minimum absolute atomic E-state index is 0.128. The Hall–Kier alpha value is -2.73. The summed E-state index contributed by atoms with van der Waals surface area (Å²) in [7, 11) is 1.30. The first-order chi connectivity index (χ1) is 17.1. The summed E-state index contributed by atoms with van der Waals surface area (Å²) in [4.78, 5) is 30.0. The van der Waals surface area contributed by atoms with Crippen LogP contribution in [-0.4, -0.2) is 58.0 Å². The van der Waals surface area contributed by atoms with E-state index >= 15 is 0 Å². The van der Waals surface area contributed by atoms with Crippen molar-refractivity contribution >= 4 is 17.5 Å². The standard InChI is InChI=1S/C24H30F3N5O4/c1-36-11-15(23(22(34)35)8-14(24(25,26)27)9-29-21(23)33)16-6-7-18-30-17(10-32(18)31-16)20(28)19(12-2-3-12)13-4-5-13/h6-7,10,12-15,19-20H,2-5,8-9,11,28H2,1H3,(H,29,33)(H,34,35)/t14-,15?,20-,23?/m1/s1. The highest BCUT2D eigenvalue weighted by Crippen LogP contribution is 2.53. The van der Waals surface area contributed by atoms with Crippen molar-refractivity contribution in [2.75, 3.05) is 20.3 Å². The predicted octanol–water partition coefficient (Wildman–Crippen LogP) is 2.66. The van der Waals surface area contributed by atoms with Gasteiger partial charge in [-0.15, -0.1) is 0 Å². The van der Waals surface area contributed by atoms with Crippen LogP contribution in [0.3, 0.4) is 0 Å². The molecule has 3 heterocycles. The Balaban J connectivity index is 1.51. The van der Waals surface area contributed by atoms with Gasteiger partial charge in [0.25, 0.3) is 0 Å². The predicted molar refractivity (Wildman–Crippen MR) is 121 cm³/mol. The Morgan fingerprint density at radius 3 is 2.50 bits per heavy atom. The lowest BCUT2D eigenvalue weighted by Crippen LogP contribution is -2.59. The number of carbonyl (C=O) groups is 2. The highest BCUT2D eigenvalue weighted by Gasteiger charge is 2.60. The SMILES string of the molecule is COCC(c1ccc2nc([C@@H](N)C(C3CC3)C3CC3)cn2n1)C1(C(=O)O)C[C@@H](C(F)(F)F)CNC1=O. The second kappa shape index (κ2) is 8.98. The van der Waals surface area contributed by atoms with E-state index in [0.717, 1.165) is 0 Å². The lowest BCUT2D eigenvalue weighted by molar-refractivity contribution is -0.197. The number of ether oxygens (including phenoxy) is 1. The van der Waals surface area contributed by atoms with Crippen molar-refractivity contribution in [3.63, 3.8) is 0 Å². The average molecular weight is 510 g/mol. The van der Waals surface area contributed by atoms with Crippen LogP contribution in [0, 0.1) is 29.1 Å². The molecule has 2 aliphatic carbocycles. The average Bonchev–Trinajstić information content (AvgIpc) is 3.76. The van der Waals surface area contributed by atoms with Crippen molar-refractivity contribution in [2.45, 2.75) is 50.2 Å². The molecule has 2 saturated carbocycles. The topological polar surface area (TPSA) is 132 Å². The molecular formula is C24H30F3N5O4. The number of rotatable bonds is 9. The van der Waals surface area contributed by atoms with Gasteiger partial charge in [0.05, 0.1) is 42.1 Å². The van der Waals surface area contributed by atoms with E-state index in [2.05, 4.69) is 15.4 Å². The second-order valence-corrected chi connectivity index (χ2v) is 10.4. The molecule has 1 saturated heterocycles. The summed E-state index contributed by atoms with van der Waals surface area (Å²) in [6.45, 7) is -0.981. The zero-order valence-electron chi connectivity index (χ0n) is 19.9. The molecule has 3 aliphatic rings. The molecule has 9 nitrogen and oxygen atoms in total. The molecule has 0 radical (unpaired) electrons. The van der Waals surface area contributed by atoms with Crippen LogP contribution in [0.1, 0.15) is 55.5 Å². The quantitative estimate of drug-likeness (QED) is 0.443. The van der Waals surface area contributed by atoms with Gasteiger partial charge >= 0.3 is 12.1 Å². The van der Waals surface area contributed by atoms with Crippen LogP contribution >= 0.6 is 0 Å². The summed E-state index contributed by atoms with van der Waals surface area (Å²) in [6, 6.07) is 2.85. The van der Waals surface area contributed by atoms with Gasteiger partial charge in [0.2, 0.25) is 5.91 Å². The number of aliphatic carboxylic acids is 1. The molecule has 1 amide bonds. The first-order valence-corrected chi connectivity index (χ1v) is 12.3. The number of carboxylic acid groups (broad SMARTS) is 1. The molecular weight excluding hydrogens is 479 g/mol. The van der Waals surface area contributed by atoms with E-state index < -0.39 is 48.3 Å². The van der Waals surface area contributed by atoms with Crippen molar-refractivity contribution in [2.24, 2.45) is 34.8 Å². The van der Waals surface area contributed by atoms with E-state index in [9.17, 15) is 27.9 Å². The number of carbonyl (C=O) groups excluding carboxylic acids is 1. The number of nitrogens with two attached hydrogens (primary N) is 1. The van der Waals surface area contributed by atoms with Gasteiger partial charge in [-0.25, -0.2) is 9.50 Å². The van der Waals surface area contributed by atoms with Crippen molar-refractivity contribution < 1.29 is 32.6 Å². The van der Waals surface area contributed by atoms with Gasteiger partial charge in [0.15, 0.2) is 11.1 Å². The number of carboxylic acids is 1. The number of halogens is 3. The minimum atomic E-state index is -4.67. The molecule has 0 aromatic carbocycles. The second-order valence-electron chi connectivity index (χ2n) is 10.4. The summed E-state index contributed by atoms with van der Waals surface area (Å²) in [5.74, 6) is -4.33. The Kier molecular flexibility index (Phi) is 6.22. The van der Waals surface area contributed by atoms with E-state index in [-0.39, 0.29) is 18.3 Å². The molecule has 12 heteroatoms. The highest BCUT2D eigenvalue weighted by atomic mass is 19.4. The molecule has 3 fully saturated rings. The van der Waals surface area contributed by atoms with Gasteiger partial charge in [0, 0.05) is 13.7 Å². The first-order valence-electron chi connectivity index (χ1n) is 12.3. The molecule has 2 unspecified atom stereocenters. The number of hydrogen-bond acceptors (Lipinski definition) is 6. The third-order valence-corrected chi connectivity index (χ3v) is 8.06. The maximum absolute atomic E-state index is 13.6. The number of methoxy groups -OCH3 is 1. The van der Waals surface area contributed by atoms with Gasteiger partial charge in [-0.1, -0.05) is 0 Å². The molecule has 2 aromatic rings. The van der Waals surface area contributed by atoms with Gasteiger partial charge in [-0.05, 0) is 62.0 Å². The van der Waals surface area contributed by atoms with Crippen LogP contribution in [-0.2, 0) is 14.3 Å². The molecule has 5 rings (SSSR count). The number of alkyl halides is 3. The van der Waals surface area contributed by atoms with Crippen molar-refractivity contribution in [1.82, 2.24) is 19.9 Å². The molecule has 1 aliphatic heterocycles. The summed E-state index contributed by atoms with van der Waals surface area (Å²) in [6.07, 6.45) is 0.790. The normalized spacial score (nSPS) is 26.7. The maximum atomic E-state index is 13.6. The van der Waals surface area contributed by atoms with Crippen LogP contribution in [0.15, 0.2) is 18.3 Å². The summed E-state index contributed by atoms with van der Waals surface area (Å²) in [5, 5.41) is 16.8. The number of amides is 1. The van der Waals surface area contributed by atoms with Crippen molar-refractivity contribution in [3.05, 3.63) is 29.7 Å². The molecule has 4 N–H and O–H groups in total. The smallest absolute Gasteiger partial charge is 0.393 e. The van der Waals surface area contributed by atoms with Crippen LogP contribution in [0.25, 0.3) is 5.65 Å². The van der Waals surface area contributed by atoms with Gasteiger partial charge < -0.3 is 20.9 Å². The van der Waals surface area contributed by atoms with Gasteiger partial charge in [0.1, 0.15) is 0 Å². The lowest BCUT2D eigenvalue weighted by Gasteiger charge is -2.41. The fourth-order valence-corrected chi connectivity index (χ4v) is 5.83. The Morgan fingerprint density at radius 1 is 1.28 bits per heavy atom. The summed E-state index contributed by atoms with van der Waals surface area (Å²) in [5.41, 5.74) is 5.50. The molecule has 36 heavy (non-hydrogen) atoms. The molecule has 196 valence electrons. The minimum Gasteiger partial charge on any atom is -0.480 e. The van der Waals surface area contributed by atoms with Gasteiger partial charge in [-0.3, -0.25) is 9.59 Å². The van der Waals surface area contributed by atoms with Crippen LogP contribution in [0.5, 0.6) is 0 Å². The van der Waals surface area contributed by atoms with Crippen molar-refractivity contribution in [1.29, 1.82) is 0 Å².